The second-order valence-electron chi connectivity index (χ2n) is 9.24. The Balaban J connectivity index is 2.75. The van der Waals surface area contributed by atoms with Crippen LogP contribution in [-0.4, -0.2) is 59.2 Å². The third kappa shape index (κ3) is 13.2. The minimum absolute atomic E-state index is 0.0236. The Morgan fingerprint density at radius 3 is 2.31 bits per heavy atom. The van der Waals surface area contributed by atoms with Gasteiger partial charge in [0.1, 0.15) is 5.60 Å². The largest absolute Gasteiger partial charge is 0.444 e. The summed E-state index contributed by atoms with van der Waals surface area (Å²) in [6, 6.07) is 9.53. The van der Waals surface area contributed by atoms with Crippen molar-refractivity contribution in [2.45, 2.75) is 66.0 Å². The average Bonchev–Trinajstić information content (AvgIpc) is 2.67. The molecule has 0 unspecified atom stereocenters. The van der Waals surface area contributed by atoms with Gasteiger partial charge in [-0.25, -0.2) is 9.59 Å². The summed E-state index contributed by atoms with van der Waals surface area (Å²) in [4.78, 5) is 38.2. The van der Waals surface area contributed by atoms with Gasteiger partial charge in [-0.3, -0.25) is 4.79 Å². The van der Waals surface area contributed by atoms with Crippen molar-refractivity contribution in [3.05, 3.63) is 35.9 Å². The van der Waals surface area contributed by atoms with Gasteiger partial charge >= 0.3 is 12.1 Å². The molecule has 0 radical (unpaired) electrons. The Bertz CT molecular complexity index is 720. The molecule has 0 aliphatic rings. The minimum Gasteiger partial charge on any atom is -0.444 e. The molecule has 0 saturated carbocycles. The number of alkyl carbamates (subject to hydrolysis) is 1. The summed E-state index contributed by atoms with van der Waals surface area (Å²) in [5.41, 5.74) is 0.528. The van der Waals surface area contributed by atoms with Crippen molar-refractivity contribution in [2.75, 3.05) is 25.4 Å². The summed E-state index contributed by atoms with van der Waals surface area (Å²) in [6.07, 6.45) is 0.994. The smallest absolute Gasteiger partial charge is 0.407 e. The first-order chi connectivity index (χ1) is 15.0. The molecule has 0 aliphatic carbocycles. The Labute approximate surface area is 197 Å². The second-order valence-corrected chi connectivity index (χ2v) is 10.4. The number of rotatable bonds is 11. The van der Waals surface area contributed by atoms with Gasteiger partial charge in [-0.15, -0.1) is 0 Å². The number of nitrogens with zero attached hydrogens (tertiary/aromatic N) is 1. The van der Waals surface area contributed by atoms with Crippen molar-refractivity contribution >= 4 is 29.0 Å². The number of carbonyl (C=O) groups excluding carboxylic acids is 3. The van der Waals surface area contributed by atoms with E-state index in [-0.39, 0.29) is 17.2 Å². The van der Waals surface area contributed by atoms with Crippen LogP contribution in [0.1, 0.15) is 53.5 Å². The first-order valence-corrected chi connectivity index (χ1v) is 12.1. The standard InChI is InChI=1S/C24H39N3O4S/c1-18(2)12-14-27(15-13-25-23(30)31-24(4,5)6)22(29)26-21(17-32-19(3)28)16-20-10-8-7-9-11-20/h7-11,18,21H,12-17H2,1-6H3,(H,25,30)(H,26,29)/t21-/m0/s1. The number of hydrogen-bond donors (Lipinski definition) is 2. The summed E-state index contributed by atoms with van der Waals surface area (Å²) >= 11 is 1.21. The molecule has 2 N–H and O–H groups in total. The molecule has 1 atom stereocenters. The molecule has 8 heteroatoms. The van der Waals surface area contributed by atoms with Crippen LogP contribution >= 0.6 is 11.8 Å². The van der Waals surface area contributed by atoms with Crippen molar-refractivity contribution in [2.24, 2.45) is 5.92 Å². The zero-order valence-electron chi connectivity index (χ0n) is 20.3. The molecule has 1 aromatic rings. The third-order valence-corrected chi connectivity index (χ3v) is 5.43. The van der Waals surface area contributed by atoms with E-state index in [9.17, 15) is 14.4 Å². The van der Waals surface area contributed by atoms with Gasteiger partial charge in [0.05, 0.1) is 0 Å². The van der Waals surface area contributed by atoms with Crippen LogP contribution in [0.2, 0.25) is 0 Å². The molecule has 0 heterocycles. The Morgan fingerprint density at radius 2 is 1.75 bits per heavy atom. The molecule has 0 aromatic heterocycles. The van der Waals surface area contributed by atoms with Gasteiger partial charge in [0.2, 0.25) is 0 Å². The second kappa shape index (κ2) is 14.0. The normalized spacial score (nSPS) is 12.2. The van der Waals surface area contributed by atoms with Gasteiger partial charge in [-0.05, 0) is 45.1 Å². The highest BCUT2D eigenvalue weighted by Gasteiger charge is 2.21. The Hall–Kier alpha value is -2.22. The van der Waals surface area contributed by atoms with Crippen LogP contribution in [-0.2, 0) is 16.0 Å². The summed E-state index contributed by atoms with van der Waals surface area (Å²) < 4.78 is 5.26. The maximum absolute atomic E-state index is 13.1. The molecular weight excluding hydrogens is 426 g/mol. The lowest BCUT2D eigenvalue weighted by molar-refractivity contribution is -0.109. The molecular formula is C24H39N3O4S. The molecule has 180 valence electrons. The van der Waals surface area contributed by atoms with Crippen LogP contribution in [0.5, 0.6) is 0 Å². The van der Waals surface area contributed by atoms with Crippen molar-refractivity contribution < 1.29 is 19.1 Å². The number of ether oxygens (including phenoxy) is 1. The lowest BCUT2D eigenvalue weighted by atomic mass is 10.1. The first-order valence-electron chi connectivity index (χ1n) is 11.2. The van der Waals surface area contributed by atoms with Gasteiger partial charge in [0.15, 0.2) is 5.12 Å². The highest BCUT2D eigenvalue weighted by Crippen LogP contribution is 2.11. The molecule has 1 aromatic carbocycles. The Kier molecular flexibility index (Phi) is 12.2. The van der Waals surface area contributed by atoms with Crippen molar-refractivity contribution in [1.29, 1.82) is 0 Å². The lowest BCUT2D eigenvalue weighted by Crippen LogP contribution is -2.49. The fourth-order valence-electron chi connectivity index (χ4n) is 2.87. The number of thioether (sulfide) groups is 1. The quantitative estimate of drug-likeness (QED) is 0.504. The SMILES string of the molecule is CC(=O)SC[C@H](Cc1ccccc1)NC(=O)N(CCNC(=O)OC(C)(C)C)CCC(C)C. The van der Waals surface area contributed by atoms with E-state index >= 15 is 0 Å². The van der Waals surface area contributed by atoms with E-state index < -0.39 is 11.7 Å². The van der Waals surface area contributed by atoms with Crippen LogP contribution in [0.15, 0.2) is 30.3 Å². The maximum Gasteiger partial charge on any atom is 0.407 e. The Morgan fingerprint density at radius 1 is 1.09 bits per heavy atom. The highest BCUT2D eigenvalue weighted by molar-refractivity contribution is 8.13. The predicted octanol–water partition coefficient (Wildman–Crippen LogP) is 4.46. The molecule has 0 spiro atoms. The molecule has 32 heavy (non-hydrogen) atoms. The van der Waals surface area contributed by atoms with Crippen molar-refractivity contribution in [1.82, 2.24) is 15.5 Å². The molecule has 0 bridgehead atoms. The maximum atomic E-state index is 13.1. The summed E-state index contributed by atoms with van der Waals surface area (Å²) in [5, 5.41) is 5.83. The topological polar surface area (TPSA) is 87.7 Å². The van der Waals surface area contributed by atoms with Crippen LogP contribution in [0, 0.1) is 5.92 Å². The fraction of sp³-hybridized carbons (Fsp3) is 0.625. The van der Waals surface area contributed by atoms with Crippen molar-refractivity contribution in [3.8, 4) is 0 Å². The lowest BCUT2D eigenvalue weighted by Gasteiger charge is -2.27. The van der Waals surface area contributed by atoms with Gasteiger partial charge in [0.25, 0.3) is 0 Å². The van der Waals surface area contributed by atoms with Crippen molar-refractivity contribution in [3.63, 3.8) is 0 Å². The van der Waals surface area contributed by atoms with Gasteiger partial charge in [0, 0.05) is 38.4 Å². The summed E-state index contributed by atoms with van der Waals surface area (Å²) in [5.74, 6) is 0.946. The number of urea groups is 1. The van der Waals surface area contributed by atoms with Crippen LogP contribution in [0.25, 0.3) is 0 Å². The van der Waals surface area contributed by atoms with Gasteiger partial charge < -0.3 is 20.3 Å². The number of nitrogens with one attached hydrogen (secondary N) is 2. The van der Waals surface area contributed by atoms with E-state index in [0.717, 1.165) is 12.0 Å². The predicted molar refractivity (Wildman–Crippen MR) is 131 cm³/mol. The number of benzene rings is 1. The van der Waals surface area contributed by atoms with E-state index in [0.29, 0.717) is 37.7 Å². The monoisotopic (exact) mass is 465 g/mol. The van der Waals surface area contributed by atoms with Crippen LogP contribution in [0.4, 0.5) is 9.59 Å². The zero-order chi connectivity index (χ0) is 24.1. The fourth-order valence-corrected chi connectivity index (χ4v) is 3.51. The summed E-state index contributed by atoms with van der Waals surface area (Å²) in [6.45, 7) is 12.4. The van der Waals surface area contributed by atoms with E-state index in [1.807, 2.05) is 30.3 Å². The number of hydrogen-bond acceptors (Lipinski definition) is 5. The zero-order valence-corrected chi connectivity index (χ0v) is 21.1. The number of carbonyl (C=O) groups is 3. The molecule has 3 amide bonds. The molecule has 1 rings (SSSR count). The molecule has 0 aliphatic heterocycles. The molecule has 7 nitrogen and oxygen atoms in total. The minimum atomic E-state index is -0.572. The first kappa shape index (κ1) is 27.8. The molecule has 0 fully saturated rings. The van der Waals surface area contributed by atoms with Crippen LogP contribution in [0.3, 0.4) is 0 Å². The third-order valence-electron chi connectivity index (χ3n) is 4.45. The van der Waals surface area contributed by atoms with Gasteiger partial charge in [-0.1, -0.05) is 55.9 Å². The van der Waals surface area contributed by atoms with E-state index in [1.54, 1.807) is 25.7 Å². The highest BCUT2D eigenvalue weighted by atomic mass is 32.2. The summed E-state index contributed by atoms with van der Waals surface area (Å²) in [7, 11) is 0. The van der Waals surface area contributed by atoms with Crippen LogP contribution < -0.4 is 10.6 Å². The van der Waals surface area contributed by atoms with Gasteiger partial charge in [-0.2, -0.15) is 0 Å². The van der Waals surface area contributed by atoms with E-state index in [1.165, 1.54) is 18.7 Å². The molecule has 0 saturated heterocycles. The number of amides is 3. The van der Waals surface area contributed by atoms with E-state index in [4.69, 9.17) is 4.74 Å². The van der Waals surface area contributed by atoms with E-state index in [2.05, 4.69) is 24.5 Å². The average molecular weight is 466 g/mol.